The fourth-order valence-electron chi connectivity index (χ4n) is 2.40. The Labute approximate surface area is 226 Å². The molecule has 212 valence electrons. The number of carbonyl (C=O) groups excluding carboxylic acids is 3. The number of hydrogen-bond acceptors (Lipinski definition) is 12. The molecule has 0 heterocycles. The molecule has 0 radical (unpaired) electrons. The molecule has 0 aliphatic rings. The van der Waals surface area contributed by atoms with Gasteiger partial charge in [-0.05, 0) is 72.8 Å². The van der Waals surface area contributed by atoms with E-state index in [4.69, 9.17) is 31.1 Å². The van der Waals surface area contributed by atoms with Crippen LogP contribution in [-0.4, -0.2) is 66.9 Å². The number of carbonyl (C=O) groups is 6. The summed E-state index contributed by atoms with van der Waals surface area (Å²) in [6.45, 7) is 0. The average Bonchev–Trinajstić information content (AvgIpc) is 2.96. The lowest BCUT2D eigenvalue weighted by Gasteiger charge is -1.96. The Balaban J connectivity index is 0.000000563. The normalized spacial score (nSPS) is 9.07. The van der Waals surface area contributed by atoms with Crippen LogP contribution in [-0.2, 0) is 14.7 Å². The molecule has 0 fully saturated rings. The van der Waals surface area contributed by atoms with Gasteiger partial charge in [0.25, 0.3) is 0 Å². The van der Waals surface area contributed by atoms with E-state index in [-0.39, 0.29) is 43.3 Å². The van der Waals surface area contributed by atoms with Crippen LogP contribution in [0, 0.1) is 0 Å². The lowest BCUT2D eigenvalue weighted by atomic mass is 10.1. The molecule has 6 N–H and O–H groups in total. The van der Waals surface area contributed by atoms with E-state index in [0.29, 0.717) is 0 Å². The first-order valence-electron chi connectivity index (χ1n) is 10.0. The zero-order chi connectivity index (χ0) is 29.5. The molecule has 15 nitrogen and oxygen atoms in total. The number of aromatic carboxylic acids is 3. The largest absolute Gasteiger partial charge is 0.478 e. The lowest BCUT2D eigenvalue weighted by molar-refractivity contribution is -0.182. The monoisotopic (exact) mass is 580 g/mol. The first-order valence-corrected chi connectivity index (χ1v) is 10.0. The predicted molar refractivity (Wildman–Crippen MR) is 135 cm³/mol. The maximum atomic E-state index is 10.7. The van der Waals surface area contributed by atoms with Crippen molar-refractivity contribution in [1.82, 2.24) is 0 Å². The number of hydrogen-bond donors (Lipinski definition) is 6. The van der Waals surface area contributed by atoms with Crippen LogP contribution in [0.5, 0.6) is 0 Å². The summed E-state index contributed by atoms with van der Waals surface area (Å²) in [5.41, 5.74) is 0.464. The highest BCUT2D eigenvalue weighted by Gasteiger charge is 2.10. The number of carboxylic acids is 3. The molecule has 40 heavy (non-hydrogen) atoms. The smallest absolute Gasteiger partial charge is 0.372 e. The molecule has 0 aliphatic carbocycles. The Morgan fingerprint density at radius 1 is 0.375 bits per heavy atom. The van der Waals surface area contributed by atoms with Gasteiger partial charge in [-0.1, -0.05) is 0 Å². The van der Waals surface area contributed by atoms with Crippen LogP contribution in [0.25, 0.3) is 0 Å². The van der Waals surface area contributed by atoms with Crippen molar-refractivity contribution < 1.29 is 74.5 Å². The zero-order valence-corrected chi connectivity index (χ0v) is 21.4. The van der Waals surface area contributed by atoms with Crippen LogP contribution >= 0.6 is 9.90 Å². The molecule has 0 saturated carbocycles. The maximum Gasteiger partial charge on any atom is 0.372 e. The van der Waals surface area contributed by atoms with E-state index >= 15 is 0 Å². The third kappa shape index (κ3) is 11.0. The third-order valence-electron chi connectivity index (χ3n) is 4.35. The lowest BCUT2D eigenvalue weighted by Crippen LogP contribution is -2.02. The second-order valence-corrected chi connectivity index (χ2v) is 6.78. The molecule has 0 amide bonds. The first-order chi connectivity index (χ1) is 18.4. The first kappa shape index (κ1) is 34.8. The molecule has 1 atom stereocenters. The molecule has 3 rings (SSSR count). The van der Waals surface area contributed by atoms with Crippen molar-refractivity contribution in [3.63, 3.8) is 0 Å². The number of carboxylic acid groups (broad SMARTS) is 3. The molecule has 3 aromatic rings. The Kier molecular flexibility index (Phi) is 15.1. The minimum atomic E-state index is -1.08. The van der Waals surface area contributed by atoms with Crippen molar-refractivity contribution in [2.45, 2.75) is 0 Å². The van der Waals surface area contributed by atoms with Crippen LogP contribution in [0.4, 0.5) is 0 Å². The van der Waals surface area contributed by atoms with E-state index in [2.05, 4.69) is 14.7 Å². The average molecular weight is 580 g/mol. The van der Waals surface area contributed by atoms with E-state index in [1.165, 1.54) is 72.8 Å². The van der Waals surface area contributed by atoms with Gasteiger partial charge in [0.2, 0.25) is 0 Å². The van der Waals surface area contributed by atoms with Crippen LogP contribution < -0.4 is 0 Å². The molecule has 0 saturated heterocycles. The standard InChI is InChI=1S/3C8H6O5.H3P/c3*9-7(10)5-1-3-6(4-2-5)8(11)13-12;/h3*1-4,12H,(H,9,10);1H3. The van der Waals surface area contributed by atoms with E-state index in [0.717, 1.165) is 0 Å². The van der Waals surface area contributed by atoms with Crippen molar-refractivity contribution in [2.75, 3.05) is 0 Å². The van der Waals surface area contributed by atoms with Crippen LogP contribution in [0.2, 0.25) is 0 Å². The summed E-state index contributed by atoms with van der Waals surface area (Å²) in [7, 11) is 0. The van der Waals surface area contributed by atoms with Gasteiger partial charge in [0, 0.05) is 0 Å². The summed E-state index contributed by atoms with van der Waals surface area (Å²) < 4.78 is 0. The summed E-state index contributed by atoms with van der Waals surface area (Å²) in [4.78, 5) is 73.5. The second kappa shape index (κ2) is 17.3. The van der Waals surface area contributed by atoms with Crippen molar-refractivity contribution in [3.05, 3.63) is 106 Å². The summed E-state index contributed by atoms with van der Waals surface area (Å²) in [6.07, 6.45) is 0. The number of benzene rings is 3. The molecule has 1 unspecified atom stereocenters. The third-order valence-corrected chi connectivity index (χ3v) is 4.35. The van der Waals surface area contributed by atoms with Gasteiger partial charge in [0.15, 0.2) is 0 Å². The molecule has 0 aromatic heterocycles. The molecule has 0 bridgehead atoms. The fourth-order valence-corrected chi connectivity index (χ4v) is 2.40. The molecule has 16 heteroatoms. The van der Waals surface area contributed by atoms with Gasteiger partial charge in [0.05, 0.1) is 33.4 Å². The minimum Gasteiger partial charge on any atom is -0.478 e. The highest BCUT2D eigenvalue weighted by molar-refractivity contribution is 6.92. The van der Waals surface area contributed by atoms with Gasteiger partial charge in [-0.3, -0.25) is 14.7 Å². The molecular weight excluding hydrogens is 559 g/mol. The Morgan fingerprint density at radius 3 is 0.650 bits per heavy atom. The van der Waals surface area contributed by atoms with Gasteiger partial charge in [-0.2, -0.15) is 25.7 Å². The summed E-state index contributed by atoms with van der Waals surface area (Å²) >= 11 is 0. The van der Waals surface area contributed by atoms with E-state index in [1.807, 2.05) is 0 Å². The second-order valence-electron chi connectivity index (χ2n) is 6.78. The fraction of sp³-hybridized carbons (Fsp3) is 0. The Bertz CT molecular complexity index is 1150. The summed E-state index contributed by atoms with van der Waals surface area (Å²) in [5, 5.41) is 49.5. The Hall–Kier alpha value is -5.21. The highest BCUT2D eigenvalue weighted by atomic mass is 31.0. The molecule has 0 spiro atoms. The van der Waals surface area contributed by atoms with E-state index in [9.17, 15) is 28.8 Å². The van der Waals surface area contributed by atoms with Crippen molar-refractivity contribution in [2.24, 2.45) is 0 Å². The van der Waals surface area contributed by atoms with Crippen molar-refractivity contribution in [1.29, 1.82) is 0 Å². The summed E-state index contributed by atoms with van der Waals surface area (Å²) in [5.74, 6) is -6.00. The van der Waals surface area contributed by atoms with E-state index in [1.54, 1.807) is 0 Å². The molecular formula is C24H21O15P. The van der Waals surface area contributed by atoms with Gasteiger partial charge in [-0.25, -0.2) is 28.8 Å². The maximum absolute atomic E-state index is 10.7. The van der Waals surface area contributed by atoms with Gasteiger partial charge in [-0.15, -0.1) is 0 Å². The summed E-state index contributed by atoms with van der Waals surface area (Å²) in [6, 6.07) is 15.0. The van der Waals surface area contributed by atoms with E-state index < -0.39 is 35.8 Å². The van der Waals surface area contributed by atoms with Crippen molar-refractivity contribution >= 4 is 45.7 Å². The SMILES string of the molecule is O=C(O)c1ccc(C(=O)OO)cc1.O=C(O)c1ccc(C(=O)OO)cc1.O=C(O)c1ccc(C(=O)OO)cc1.P. The Morgan fingerprint density at radius 2 is 0.525 bits per heavy atom. The molecule has 3 aromatic carbocycles. The quantitative estimate of drug-likeness (QED) is 0.106. The van der Waals surface area contributed by atoms with Crippen LogP contribution in [0.1, 0.15) is 62.1 Å². The zero-order valence-electron chi connectivity index (χ0n) is 20.0. The molecule has 0 aliphatic heterocycles. The van der Waals surface area contributed by atoms with Gasteiger partial charge >= 0.3 is 35.8 Å². The van der Waals surface area contributed by atoms with Crippen LogP contribution in [0.15, 0.2) is 72.8 Å². The van der Waals surface area contributed by atoms with Crippen LogP contribution in [0.3, 0.4) is 0 Å². The van der Waals surface area contributed by atoms with Crippen molar-refractivity contribution in [3.8, 4) is 0 Å². The highest BCUT2D eigenvalue weighted by Crippen LogP contribution is 2.07. The predicted octanol–water partition coefficient (Wildman–Crippen LogP) is 3.10. The topological polar surface area (TPSA) is 251 Å². The number of rotatable bonds is 6. The van der Waals surface area contributed by atoms with Gasteiger partial charge < -0.3 is 15.3 Å². The van der Waals surface area contributed by atoms with Gasteiger partial charge in [0.1, 0.15) is 0 Å². The minimum absolute atomic E-state index is 0.